The highest BCUT2D eigenvalue weighted by Gasteiger charge is 2.05. The predicted molar refractivity (Wildman–Crippen MR) is 75.0 cm³/mol. The van der Waals surface area contributed by atoms with Gasteiger partial charge in [-0.15, -0.1) is 0 Å². The highest BCUT2D eigenvalue weighted by Crippen LogP contribution is 2.29. The van der Waals surface area contributed by atoms with Crippen LogP contribution in [0.2, 0.25) is 5.02 Å². The number of pyridine rings is 1. The minimum absolute atomic E-state index is 0.550. The Kier molecular flexibility index (Phi) is 3.88. The largest absolute Gasteiger partial charge is 0.497 e. The lowest BCUT2D eigenvalue weighted by Crippen LogP contribution is -1.97. The van der Waals surface area contributed by atoms with E-state index in [1.165, 1.54) is 0 Å². The maximum absolute atomic E-state index is 8.94. The normalized spacial score (nSPS) is 9.79. The van der Waals surface area contributed by atoms with Crippen LogP contribution in [0.15, 0.2) is 30.3 Å². The number of aryl methyl sites for hydroxylation is 1. The molecular weight excluding hydrogens is 262 g/mol. The van der Waals surface area contributed by atoms with Gasteiger partial charge in [-0.25, -0.2) is 4.98 Å². The first kappa shape index (κ1) is 13.2. The van der Waals surface area contributed by atoms with Crippen LogP contribution >= 0.6 is 11.6 Å². The van der Waals surface area contributed by atoms with E-state index < -0.39 is 0 Å². The Morgan fingerprint density at radius 1 is 1.32 bits per heavy atom. The summed E-state index contributed by atoms with van der Waals surface area (Å²) in [6.45, 7) is 1.83. The lowest BCUT2D eigenvalue weighted by atomic mass is 10.2. The van der Waals surface area contributed by atoms with Gasteiger partial charge in [-0.3, -0.25) is 0 Å². The van der Waals surface area contributed by atoms with Crippen molar-refractivity contribution in [1.82, 2.24) is 4.98 Å². The van der Waals surface area contributed by atoms with Gasteiger partial charge in [-0.1, -0.05) is 11.6 Å². The van der Waals surface area contributed by atoms with Crippen molar-refractivity contribution >= 4 is 23.1 Å². The number of nitriles is 1. The Morgan fingerprint density at radius 3 is 2.79 bits per heavy atom. The number of benzene rings is 1. The van der Waals surface area contributed by atoms with E-state index in [9.17, 15) is 0 Å². The average molecular weight is 274 g/mol. The molecule has 19 heavy (non-hydrogen) atoms. The molecule has 0 spiro atoms. The number of aromatic nitrogens is 1. The number of hydrogen-bond acceptors (Lipinski definition) is 4. The third kappa shape index (κ3) is 3.15. The second-order valence-electron chi connectivity index (χ2n) is 3.97. The maximum atomic E-state index is 8.94. The van der Waals surface area contributed by atoms with Crippen LogP contribution in [-0.4, -0.2) is 12.1 Å². The Hall–Kier alpha value is -2.25. The fraction of sp³-hybridized carbons (Fsp3) is 0.143. The molecule has 0 amide bonds. The van der Waals surface area contributed by atoms with Crippen LogP contribution < -0.4 is 10.1 Å². The number of anilines is 2. The van der Waals surface area contributed by atoms with Crippen LogP contribution in [0.5, 0.6) is 5.75 Å². The molecule has 5 heteroatoms. The van der Waals surface area contributed by atoms with Crippen LogP contribution in [0.25, 0.3) is 0 Å². The van der Waals surface area contributed by atoms with Crippen LogP contribution in [-0.2, 0) is 0 Å². The molecule has 4 nitrogen and oxygen atoms in total. The van der Waals surface area contributed by atoms with Crippen LogP contribution in [0.3, 0.4) is 0 Å². The van der Waals surface area contributed by atoms with E-state index in [0.717, 1.165) is 5.69 Å². The van der Waals surface area contributed by atoms with Crippen molar-refractivity contribution in [2.75, 3.05) is 12.4 Å². The molecule has 0 aliphatic heterocycles. The zero-order chi connectivity index (χ0) is 13.8. The molecule has 0 unspecified atom stereocenters. The third-order valence-electron chi connectivity index (χ3n) is 2.52. The summed E-state index contributed by atoms with van der Waals surface area (Å²) >= 11 is 6.11. The van der Waals surface area contributed by atoms with Crippen molar-refractivity contribution in [3.05, 3.63) is 46.6 Å². The Bertz CT molecular complexity index is 650. The van der Waals surface area contributed by atoms with Crippen molar-refractivity contribution < 1.29 is 4.74 Å². The molecule has 0 aliphatic carbocycles. The molecule has 96 valence electrons. The number of nitrogens with zero attached hydrogens (tertiary/aromatic N) is 2. The van der Waals surface area contributed by atoms with Gasteiger partial charge < -0.3 is 10.1 Å². The quantitative estimate of drug-likeness (QED) is 0.927. The summed E-state index contributed by atoms with van der Waals surface area (Å²) in [6, 6.07) is 10.8. The summed E-state index contributed by atoms with van der Waals surface area (Å²) in [5, 5.41) is 12.6. The van der Waals surface area contributed by atoms with Crippen molar-refractivity contribution in [2.24, 2.45) is 0 Å². The van der Waals surface area contributed by atoms with Gasteiger partial charge in [0.15, 0.2) is 0 Å². The van der Waals surface area contributed by atoms with Crippen LogP contribution in [0.1, 0.15) is 11.3 Å². The van der Waals surface area contributed by atoms with E-state index in [1.807, 2.05) is 6.92 Å². The van der Waals surface area contributed by atoms with Crippen LogP contribution in [0.4, 0.5) is 11.5 Å². The first-order chi connectivity index (χ1) is 9.12. The molecule has 0 bridgehead atoms. The van der Waals surface area contributed by atoms with Gasteiger partial charge in [0.2, 0.25) is 0 Å². The SMILES string of the molecule is COc1ccc(Cl)c(Nc2cc(C#N)cc(C)n2)c1. The lowest BCUT2D eigenvalue weighted by Gasteiger charge is -2.10. The summed E-state index contributed by atoms with van der Waals surface area (Å²) < 4.78 is 5.14. The molecule has 2 rings (SSSR count). The molecule has 0 radical (unpaired) electrons. The van der Waals surface area contributed by atoms with Gasteiger partial charge in [0.25, 0.3) is 0 Å². The van der Waals surface area contributed by atoms with Crippen LogP contribution in [0, 0.1) is 18.3 Å². The van der Waals surface area contributed by atoms with E-state index in [-0.39, 0.29) is 0 Å². The summed E-state index contributed by atoms with van der Waals surface area (Å²) in [5.41, 5.74) is 2.00. The van der Waals surface area contributed by atoms with Gasteiger partial charge >= 0.3 is 0 Å². The van der Waals surface area contributed by atoms with Gasteiger partial charge in [-0.2, -0.15) is 5.26 Å². The number of nitrogens with one attached hydrogen (secondary N) is 1. The van der Waals surface area contributed by atoms with Crippen molar-refractivity contribution in [2.45, 2.75) is 6.92 Å². The fourth-order valence-corrected chi connectivity index (χ4v) is 1.83. The highest BCUT2D eigenvalue weighted by molar-refractivity contribution is 6.33. The summed E-state index contributed by atoms with van der Waals surface area (Å²) in [6.07, 6.45) is 0. The van der Waals surface area contributed by atoms with Crippen molar-refractivity contribution in [1.29, 1.82) is 5.26 Å². The monoisotopic (exact) mass is 273 g/mol. The minimum Gasteiger partial charge on any atom is -0.497 e. The fourth-order valence-electron chi connectivity index (χ4n) is 1.66. The van der Waals surface area contributed by atoms with Gasteiger partial charge in [0.05, 0.1) is 29.5 Å². The van der Waals surface area contributed by atoms with Crippen molar-refractivity contribution in [3.8, 4) is 11.8 Å². The molecule has 0 aliphatic rings. The van der Waals surface area contributed by atoms with Gasteiger partial charge in [0, 0.05) is 11.8 Å². The lowest BCUT2D eigenvalue weighted by molar-refractivity contribution is 0.415. The molecule has 1 N–H and O–H groups in total. The third-order valence-corrected chi connectivity index (χ3v) is 2.85. The molecule has 0 fully saturated rings. The summed E-state index contributed by atoms with van der Waals surface area (Å²) in [7, 11) is 1.59. The van der Waals surface area contributed by atoms with Gasteiger partial charge in [-0.05, 0) is 31.2 Å². The molecule has 0 atom stereocenters. The smallest absolute Gasteiger partial charge is 0.131 e. The predicted octanol–water partition coefficient (Wildman–Crippen LogP) is 3.67. The van der Waals surface area contributed by atoms with E-state index >= 15 is 0 Å². The molecule has 1 heterocycles. The van der Waals surface area contributed by atoms with E-state index in [4.69, 9.17) is 21.6 Å². The van der Waals surface area contributed by atoms with E-state index in [1.54, 1.807) is 37.4 Å². The number of methoxy groups -OCH3 is 1. The molecule has 0 saturated carbocycles. The Balaban J connectivity index is 2.36. The zero-order valence-electron chi connectivity index (χ0n) is 10.6. The minimum atomic E-state index is 0.550. The summed E-state index contributed by atoms with van der Waals surface area (Å²) in [4.78, 5) is 4.31. The number of ether oxygens (including phenoxy) is 1. The Labute approximate surface area is 116 Å². The maximum Gasteiger partial charge on any atom is 0.131 e. The highest BCUT2D eigenvalue weighted by atomic mass is 35.5. The topological polar surface area (TPSA) is 57.9 Å². The number of halogens is 1. The molecule has 0 saturated heterocycles. The first-order valence-electron chi connectivity index (χ1n) is 5.61. The second-order valence-corrected chi connectivity index (χ2v) is 4.37. The zero-order valence-corrected chi connectivity index (χ0v) is 11.3. The number of hydrogen-bond donors (Lipinski definition) is 1. The Morgan fingerprint density at radius 2 is 2.11 bits per heavy atom. The first-order valence-corrected chi connectivity index (χ1v) is 5.99. The summed E-state index contributed by atoms with van der Waals surface area (Å²) in [5.74, 6) is 1.27. The van der Waals surface area contributed by atoms with E-state index in [2.05, 4.69) is 16.4 Å². The number of rotatable bonds is 3. The molecule has 1 aromatic heterocycles. The van der Waals surface area contributed by atoms with E-state index in [0.29, 0.717) is 27.8 Å². The molecule has 2 aromatic rings. The molecule has 1 aromatic carbocycles. The van der Waals surface area contributed by atoms with Gasteiger partial charge in [0.1, 0.15) is 11.6 Å². The standard InChI is InChI=1S/C14H12ClN3O/c1-9-5-10(8-16)6-14(17-9)18-13-7-11(19-2)3-4-12(13)15/h3-7H,1-2H3,(H,17,18). The second kappa shape index (κ2) is 5.59. The molecular formula is C14H12ClN3O. The van der Waals surface area contributed by atoms with Crippen molar-refractivity contribution in [3.63, 3.8) is 0 Å². The average Bonchev–Trinajstić information content (AvgIpc) is 2.40.